The van der Waals surface area contributed by atoms with Crippen LogP contribution >= 0.6 is 0 Å². The molecule has 244 valence electrons. The van der Waals surface area contributed by atoms with E-state index in [-0.39, 0.29) is 48.7 Å². The van der Waals surface area contributed by atoms with Gasteiger partial charge in [0.25, 0.3) is 5.92 Å². The minimum atomic E-state index is -3.33. The number of benzene rings is 1. The molecule has 11 heteroatoms. The summed E-state index contributed by atoms with van der Waals surface area (Å²) in [6.07, 6.45) is 5.96. The molecule has 1 saturated heterocycles. The number of carbonyl (C=O) groups excluding carboxylic acids is 3. The van der Waals surface area contributed by atoms with Crippen LogP contribution in [-0.4, -0.2) is 64.9 Å². The van der Waals surface area contributed by atoms with Crippen molar-refractivity contribution in [2.24, 2.45) is 23.2 Å². The number of aromatic nitrogens is 2. The summed E-state index contributed by atoms with van der Waals surface area (Å²) in [6.45, 7) is 3.83. The molecule has 0 N–H and O–H groups in total. The second kappa shape index (κ2) is 12.4. The van der Waals surface area contributed by atoms with Gasteiger partial charge in [0.05, 0.1) is 43.1 Å². The van der Waals surface area contributed by atoms with Gasteiger partial charge in [-0.1, -0.05) is 39.5 Å². The van der Waals surface area contributed by atoms with Crippen molar-refractivity contribution in [1.29, 1.82) is 0 Å². The number of hydrogen-bond donors (Lipinski definition) is 0. The zero-order valence-corrected chi connectivity index (χ0v) is 26.3. The van der Waals surface area contributed by atoms with Gasteiger partial charge in [-0.25, -0.2) is 9.97 Å². The first-order valence-electron chi connectivity index (χ1n) is 16.4. The Balaban J connectivity index is 1.39. The molecule has 1 aromatic carbocycles. The monoisotopic (exact) mass is 627 g/mol. The molecule has 3 fully saturated rings. The number of methoxy groups -OCH3 is 1. The minimum absolute atomic E-state index is 0.00142. The van der Waals surface area contributed by atoms with Crippen molar-refractivity contribution < 1.29 is 37.4 Å². The first-order chi connectivity index (χ1) is 21.5. The SMILES string of the molecule is COc1ccc2nc3c(nc2c1)O[C@H]1CN(C(=O)[C@H](C2(C)CCCCC2)CC(=O)O[C@@H]2C[C@H]2CCCCC3(F)F)[C@H](C=O)[C@@H]1C. The number of esters is 1. The van der Waals surface area contributed by atoms with Gasteiger partial charge in [-0.05, 0) is 55.6 Å². The van der Waals surface area contributed by atoms with E-state index in [0.29, 0.717) is 36.8 Å². The molecule has 0 radical (unpaired) electrons. The molecule has 45 heavy (non-hydrogen) atoms. The summed E-state index contributed by atoms with van der Waals surface area (Å²) in [5.74, 6) is -4.89. The predicted molar refractivity (Wildman–Crippen MR) is 161 cm³/mol. The van der Waals surface area contributed by atoms with E-state index >= 15 is 8.78 Å². The average Bonchev–Trinajstić information content (AvgIpc) is 3.68. The summed E-state index contributed by atoms with van der Waals surface area (Å²) in [6, 6.07) is 3.99. The lowest BCUT2D eigenvalue weighted by atomic mass is 9.65. The number of carbonyl (C=O) groups is 3. The third-order valence-electron chi connectivity index (χ3n) is 10.7. The Kier molecular flexibility index (Phi) is 8.73. The highest BCUT2D eigenvalue weighted by atomic mass is 19.3. The summed E-state index contributed by atoms with van der Waals surface area (Å²) in [4.78, 5) is 50.4. The molecule has 1 amide bonds. The number of alkyl halides is 2. The molecule has 4 aliphatic rings. The second-order valence-corrected chi connectivity index (χ2v) is 13.8. The van der Waals surface area contributed by atoms with E-state index in [0.717, 1.165) is 32.1 Å². The highest BCUT2D eigenvalue weighted by Crippen LogP contribution is 2.47. The first kappa shape index (κ1) is 31.6. The molecule has 1 aromatic heterocycles. The highest BCUT2D eigenvalue weighted by Gasteiger charge is 2.51. The number of amides is 1. The summed E-state index contributed by atoms with van der Waals surface area (Å²) in [5.41, 5.74) is -0.355. The van der Waals surface area contributed by atoms with Gasteiger partial charge in [0.2, 0.25) is 11.8 Å². The van der Waals surface area contributed by atoms with Gasteiger partial charge in [-0.15, -0.1) is 0 Å². The van der Waals surface area contributed by atoms with Crippen molar-refractivity contribution in [2.75, 3.05) is 13.7 Å². The molecule has 3 heterocycles. The van der Waals surface area contributed by atoms with Gasteiger partial charge >= 0.3 is 5.97 Å². The quantitative estimate of drug-likeness (QED) is 0.301. The largest absolute Gasteiger partial charge is 0.497 e. The molecule has 9 nitrogen and oxygen atoms in total. The lowest BCUT2D eigenvalue weighted by Gasteiger charge is -2.41. The number of fused-ring (bicyclic) bond motifs is 5. The summed E-state index contributed by atoms with van der Waals surface area (Å²) < 4.78 is 49.2. The van der Waals surface area contributed by atoms with E-state index in [1.165, 1.54) is 12.0 Å². The lowest BCUT2D eigenvalue weighted by molar-refractivity contribution is -0.155. The van der Waals surface area contributed by atoms with Crippen LogP contribution in [0.4, 0.5) is 8.78 Å². The van der Waals surface area contributed by atoms with Crippen molar-refractivity contribution in [2.45, 2.75) is 109 Å². The third kappa shape index (κ3) is 6.36. The molecule has 2 bridgehead atoms. The number of halogens is 2. The number of hydrogen-bond acceptors (Lipinski definition) is 8. The Morgan fingerprint density at radius 1 is 1.00 bits per heavy atom. The zero-order chi connectivity index (χ0) is 31.9. The number of rotatable bonds is 3. The maximum atomic E-state index is 15.9. The molecule has 2 aromatic rings. The molecule has 2 saturated carbocycles. The molecule has 2 aliphatic heterocycles. The number of aldehydes is 1. The van der Waals surface area contributed by atoms with E-state index in [9.17, 15) is 14.4 Å². The van der Waals surface area contributed by atoms with E-state index in [4.69, 9.17) is 14.2 Å². The van der Waals surface area contributed by atoms with Crippen LogP contribution in [-0.2, 0) is 25.0 Å². The fourth-order valence-corrected chi connectivity index (χ4v) is 7.64. The highest BCUT2D eigenvalue weighted by molar-refractivity contribution is 5.87. The summed E-state index contributed by atoms with van der Waals surface area (Å²) in [7, 11) is 1.50. The van der Waals surface area contributed by atoms with Crippen LogP contribution in [0.5, 0.6) is 11.6 Å². The standard InChI is InChI=1S/C34H43F2N3O6/c1-20-26(19-40)39-18-28(20)45-31-30(37-24-11-10-22(43-3)16-25(24)38-31)34(35,36)14-8-5-9-21-15-27(21)44-29(41)17-23(32(39)42)33(2)12-6-4-7-13-33/h10-11,16,19-21,23,26-28H,4-9,12-15,17-18H2,1-3H3/t20-,21+,23+,26+,27+,28-/m0/s1. The molecule has 6 atom stereocenters. The van der Waals surface area contributed by atoms with Gasteiger partial charge in [0.15, 0.2) is 5.69 Å². The molecular weight excluding hydrogens is 584 g/mol. The third-order valence-corrected chi connectivity index (χ3v) is 10.7. The maximum absolute atomic E-state index is 15.9. The summed E-state index contributed by atoms with van der Waals surface area (Å²) >= 11 is 0. The Morgan fingerprint density at radius 2 is 1.76 bits per heavy atom. The Hall–Kier alpha value is -3.37. The Bertz CT molecular complexity index is 1450. The van der Waals surface area contributed by atoms with Crippen molar-refractivity contribution in [3.05, 3.63) is 23.9 Å². The zero-order valence-electron chi connectivity index (χ0n) is 26.3. The van der Waals surface area contributed by atoms with E-state index in [1.807, 2.05) is 0 Å². The maximum Gasteiger partial charge on any atom is 0.306 e. The van der Waals surface area contributed by atoms with E-state index in [2.05, 4.69) is 16.9 Å². The Morgan fingerprint density at radius 3 is 2.49 bits per heavy atom. The van der Waals surface area contributed by atoms with Crippen LogP contribution in [0.15, 0.2) is 18.2 Å². The summed E-state index contributed by atoms with van der Waals surface area (Å²) in [5, 5.41) is 0. The van der Waals surface area contributed by atoms with Crippen LogP contribution < -0.4 is 9.47 Å². The topological polar surface area (TPSA) is 108 Å². The van der Waals surface area contributed by atoms with Gasteiger partial charge < -0.3 is 23.9 Å². The molecule has 6 rings (SSSR count). The number of nitrogens with zero attached hydrogens (tertiary/aromatic N) is 3. The van der Waals surface area contributed by atoms with E-state index in [1.54, 1.807) is 25.1 Å². The van der Waals surface area contributed by atoms with Gasteiger partial charge in [-0.3, -0.25) is 9.59 Å². The minimum Gasteiger partial charge on any atom is -0.497 e. The fourth-order valence-electron chi connectivity index (χ4n) is 7.64. The van der Waals surface area contributed by atoms with Gasteiger partial charge in [0.1, 0.15) is 24.2 Å². The van der Waals surface area contributed by atoms with Crippen molar-refractivity contribution in [1.82, 2.24) is 14.9 Å². The fraction of sp³-hybridized carbons (Fsp3) is 0.676. The van der Waals surface area contributed by atoms with Crippen LogP contribution in [0.1, 0.15) is 90.2 Å². The number of ether oxygens (including phenoxy) is 3. The molecular formula is C34H43F2N3O6. The second-order valence-electron chi connectivity index (χ2n) is 13.8. The van der Waals surface area contributed by atoms with Gasteiger partial charge in [0, 0.05) is 18.4 Å². The van der Waals surface area contributed by atoms with Crippen LogP contribution in [0.3, 0.4) is 0 Å². The predicted octanol–water partition coefficient (Wildman–Crippen LogP) is 6.01. The van der Waals surface area contributed by atoms with E-state index < -0.39 is 53.4 Å². The van der Waals surface area contributed by atoms with Crippen molar-refractivity contribution >= 4 is 29.2 Å². The molecule has 2 aliphatic carbocycles. The molecule has 0 unspecified atom stereocenters. The molecule has 0 spiro atoms. The van der Waals surface area contributed by atoms with Crippen molar-refractivity contribution in [3.63, 3.8) is 0 Å². The van der Waals surface area contributed by atoms with Crippen molar-refractivity contribution in [3.8, 4) is 11.6 Å². The first-order valence-corrected chi connectivity index (χ1v) is 16.4. The van der Waals surface area contributed by atoms with Gasteiger partial charge in [-0.2, -0.15) is 8.78 Å². The lowest BCUT2D eigenvalue weighted by Crippen LogP contribution is -2.48. The van der Waals surface area contributed by atoms with Crippen LogP contribution in [0, 0.1) is 23.2 Å². The normalized spacial score (nSPS) is 31.9. The van der Waals surface area contributed by atoms with Crippen LogP contribution in [0.2, 0.25) is 0 Å². The van der Waals surface area contributed by atoms with Crippen LogP contribution in [0.25, 0.3) is 11.0 Å². The Labute approximate surface area is 262 Å². The average molecular weight is 628 g/mol. The smallest absolute Gasteiger partial charge is 0.306 e.